The zero-order valence-electron chi connectivity index (χ0n) is 15.8. The number of piperazine rings is 1. The molecule has 1 aromatic carbocycles. The first-order valence-corrected chi connectivity index (χ1v) is 12.2. The normalized spacial score (nSPS) is 18.9. The summed E-state index contributed by atoms with van der Waals surface area (Å²) in [5.74, 6) is -0.527. The Labute approximate surface area is 161 Å². The predicted molar refractivity (Wildman–Crippen MR) is 103 cm³/mol. The van der Waals surface area contributed by atoms with Gasteiger partial charge in [0.25, 0.3) is 0 Å². The minimum atomic E-state index is -3.84. The summed E-state index contributed by atoms with van der Waals surface area (Å²) in [4.78, 5) is 14.6. The van der Waals surface area contributed by atoms with E-state index in [0.717, 1.165) is 6.26 Å². The highest BCUT2D eigenvalue weighted by Crippen LogP contribution is 2.17. The summed E-state index contributed by atoms with van der Waals surface area (Å²) in [5.41, 5.74) is 0. The van der Waals surface area contributed by atoms with Crippen LogP contribution < -0.4 is 4.72 Å². The Morgan fingerprint density at radius 2 is 1.63 bits per heavy atom. The third-order valence-corrected chi connectivity index (χ3v) is 7.59. The molecule has 10 heteroatoms. The van der Waals surface area contributed by atoms with Gasteiger partial charge in [-0.15, -0.1) is 0 Å². The molecule has 27 heavy (non-hydrogen) atoms. The van der Waals surface area contributed by atoms with Gasteiger partial charge in [0.2, 0.25) is 26.0 Å². The van der Waals surface area contributed by atoms with E-state index in [4.69, 9.17) is 0 Å². The summed E-state index contributed by atoms with van der Waals surface area (Å²) in [6.07, 6.45) is 1.76. The van der Waals surface area contributed by atoms with Crippen LogP contribution in [0.1, 0.15) is 20.3 Å². The fourth-order valence-electron chi connectivity index (χ4n) is 2.92. The van der Waals surface area contributed by atoms with Gasteiger partial charge in [-0.1, -0.05) is 38.5 Å². The number of hydrogen-bond donors (Lipinski definition) is 1. The summed E-state index contributed by atoms with van der Waals surface area (Å²) in [7, 11) is -7.13. The molecule has 1 aliphatic heterocycles. The van der Waals surface area contributed by atoms with Crippen LogP contribution in [0.2, 0.25) is 0 Å². The second-order valence-corrected chi connectivity index (χ2v) is 10.5. The fourth-order valence-corrected chi connectivity index (χ4v) is 5.06. The zero-order chi connectivity index (χ0) is 20.2. The molecule has 0 bridgehead atoms. The molecular formula is C17H27N3O5S2. The Morgan fingerprint density at radius 3 is 2.11 bits per heavy atom. The lowest BCUT2D eigenvalue weighted by Crippen LogP contribution is -2.57. The molecule has 8 nitrogen and oxygen atoms in total. The van der Waals surface area contributed by atoms with Crippen molar-refractivity contribution in [2.24, 2.45) is 5.92 Å². The van der Waals surface area contributed by atoms with Crippen LogP contribution in [0.25, 0.3) is 0 Å². The van der Waals surface area contributed by atoms with E-state index in [2.05, 4.69) is 4.72 Å². The molecule has 0 unspecified atom stereocenters. The van der Waals surface area contributed by atoms with Gasteiger partial charge in [-0.05, 0) is 18.1 Å². The Morgan fingerprint density at radius 1 is 1.07 bits per heavy atom. The maximum Gasteiger partial charge on any atom is 0.241 e. The van der Waals surface area contributed by atoms with Crippen molar-refractivity contribution >= 4 is 26.0 Å². The summed E-state index contributed by atoms with van der Waals surface area (Å²) in [5, 5.41) is 0. The van der Waals surface area contributed by atoms with Crippen LogP contribution >= 0.6 is 0 Å². The van der Waals surface area contributed by atoms with E-state index in [1.54, 1.807) is 18.2 Å². The molecule has 152 valence electrons. The largest absolute Gasteiger partial charge is 0.339 e. The molecular weight excluding hydrogens is 390 g/mol. The van der Waals surface area contributed by atoms with Crippen LogP contribution in [-0.2, 0) is 24.8 Å². The number of carbonyl (C=O) groups excluding carboxylic acids is 1. The highest BCUT2D eigenvalue weighted by Gasteiger charge is 2.35. The molecule has 1 fully saturated rings. The number of sulfonamides is 2. The molecule has 1 saturated heterocycles. The summed E-state index contributed by atoms with van der Waals surface area (Å²) in [6, 6.07) is 7.02. The highest BCUT2D eigenvalue weighted by molar-refractivity contribution is 7.89. The van der Waals surface area contributed by atoms with Gasteiger partial charge in [-0.2, -0.15) is 9.03 Å². The van der Waals surface area contributed by atoms with Crippen molar-refractivity contribution in [3.05, 3.63) is 30.3 Å². The number of nitrogens with one attached hydrogen (secondary N) is 1. The molecule has 0 spiro atoms. The maximum atomic E-state index is 13.0. The molecule has 1 heterocycles. The summed E-state index contributed by atoms with van der Waals surface area (Å²) in [6.45, 7) is 4.62. The van der Waals surface area contributed by atoms with Crippen molar-refractivity contribution in [2.75, 3.05) is 32.4 Å². The van der Waals surface area contributed by atoms with Gasteiger partial charge in [-0.3, -0.25) is 4.79 Å². The number of carbonyl (C=O) groups is 1. The van der Waals surface area contributed by atoms with Crippen LogP contribution in [0, 0.1) is 5.92 Å². The van der Waals surface area contributed by atoms with E-state index in [1.165, 1.54) is 21.3 Å². The molecule has 0 aliphatic carbocycles. The molecule has 1 aromatic rings. The Balaban J connectivity index is 2.16. The molecule has 2 atom stereocenters. The average molecular weight is 418 g/mol. The standard InChI is InChI=1S/C17H27N3O5S2/c1-4-14(2)16(18-27(24,25)15-8-6-5-7-9-15)17(21)19-10-12-20(13-11-19)26(3,22)23/h5-9,14,16,18H,4,10-13H2,1-3H3/t14-,16+/m1/s1. The molecule has 1 amide bonds. The second kappa shape index (κ2) is 8.68. The van der Waals surface area contributed by atoms with Crippen LogP contribution in [0.3, 0.4) is 0 Å². The SMILES string of the molecule is CC[C@@H](C)[C@H](NS(=O)(=O)c1ccccc1)C(=O)N1CCN(S(C)(=O)=O)CC1. The maximum absolute atomic E-state index is 13.0. The number of benzene rings is 1. The van der Waals surface area contributed by atoms with Crippen molar-refractivity contribution in [3.63, 3.8) is 0 Å². The topological polar surface area (TPSA) is 104 Å². The van der Waals surface area contributed by atoms with Crippen molar-refractivity contribution in [2.45, 2.75) is 31.2 Å². The Bertz CT molecular complexity index is 848. The van der Waals surface area contributed by atoms with Gasteiger partial charge >= 0.3 is 0 Å². The van der Waals surface area contributed by atoms with E-state index >= 15 is 0 Å². The molecule has 0 saturated carbocycles. The molecule has 0 aromatic heterocycles. The third kappa shape index (κ3) is 5.50. The van der Waals surface area contributed by atoms with Gasteiger partial charge in [0.15, 0.2) is 0 Å². The Hall–Kier alpha value is -1.49. The monoisotopic (exact) mass is 417 g/mol. The van der Waals surface area contributed by atoms with Crippen molar-refractivity contribution < 1.29 is 21.6 Å². The van der Waals surface area contributed by atoms with Gasteiger partial charge in [0.05, 0.1) is 11.2 Å². The third-order valence-electron chi connectivity index (χ3n) is 4.83. The lowest BCUT2D eigenvalue weighted by atomic mass is 9.98. The quantitative estimate of drug-likeness (QED) is 0.695. The smallest absolute Gasteiger partial charge is 0.241 e. The summed E-state index contributed by atoms with van der Waals surface area (Å²) >= 11 is 0. The fraction of sp³-hybridized carbons (Fsp3) is 0.588. The van der Waals surface area contributed by atoms with E-state index in [9.17, 15) is 21.6 Å². The highest BCUT2D eigenvalue weighted by atomic mass is 32.2. The van der Waals surface area contributed by atoms with Gasteiger partial charge in [-0.25, -0.2) is 16.8 Å². The van der Waals surface area contributed by atoms with E-state index in [-0.39, 0.29) is 42.9 Å². The van der Waals surface area contributed by atoms with Crippen molar-refractivity contribution in [1.29, 1.82) is 0 Å². The number of hydrogen-bond acceptors (Lipinski definition) is 5. The second-order valence-electron chi connectivity index (χ2n) is 6.78. The van der Waals surface area contributed by atoms with E-state index in [1.807, 2.05) is 13.8 Å². The molecule has 2 rings (SSSR count). The first kappa shape index (κ1) is 21.8. The zero-order valence-corrected chi connectivity index (χ0v) is 17.5. The Kier molecular flexibility index (Phi) is 7.01. The van der Waals surface area contributed by atoms with Crippen LogP contribution in [0.4, 0.5) is 0 Å². The van der Waals surface area contributed by atoms with Crippen molar-refractivity contribution in [1.82, 2.24) is 13.9 Å². The molecule has 1 aliphatic rings. The first-order chi connectivity index (χ1) is 12.6. The minimum Gasteiger partial charge on any atom is -0.339 e. The lowest BCUT2D eigenvalue weighted by molar-refractivity contribution is -0.135. The average Bonchev–Trinajstić information content (AvgIpc) is 2.65. The number of amides is 1. The minimum absolute atomic E-state index is 0.105. The van der Waals surface area contributed by atoms with Crippen LogP contribution in [-0.4, -0.2) is 70.4 Å². The summed E-state index contributed by atoms with van der Waals surface area (Å²) < 4.78 is 52.5. The van der Waals surface area contributed by atoms with Gasteiger partial charge in [0.1, 0.15) is 6.04 Å². The predicted octanol–water partition coefficient (Wildman–Crippen LogP) is 0.483. The number of nitrogens with zero attached hydrogens (tertiary/aromatic N) is 2. The van der Waals surface area contributed by atoms with Gasteiger partial charge in [0, 0.05) is 26.2 Å². The van der Waals surface area contributed by atoms with E-state index in [0.29, 0.717) is 6.42 Å². The van der Waals surface area contributed by atoms with Crippen LogP contribution in [0.5, 0.6) is 0 Å². The number of rotatable bonds is 7. The van der Waals surface area contributed by atoms with Gasteiger partial charge < -0.3 is 4.90 Å². The van der Waals surface area contributed by atoms with Crippen molar-refractivity contribution in [3.8, 4) is 0 Å². The first-order valence-electron chi connectivity index (χ1n) is 8.87. The van der Waals surface area contributed by atoms with E-state index < -0.39 is 26.1 Å². The van der Waals surface area contributed by atoms with Crippen LogP contribution in [0.15, 0.2) is 35.2 Å². The lowest BCUT2D eigenvalue weighted by Gasteiger charge is -2.36. The molecule has 1 N–H and O–H groups in total. The molecule has 0 radical (unpaired) electrons.